The van der Waals surface area contributed by atoms with Crippen molar-refractivity contribution >= 4 is 0 Å². The zero-order valence-electron chi connectivity index (χ0n) is 9.82. The number of nitrogens with one attached hydrogen (secondary N) is 1. The lowest BCUT2D eigenvalue weighted by Crippen LogP contribution is -2.26. The SMILES string of the molecule is CCNC(c1ccc(OC)nn1)C(C)C. The topological polar surface area (TPSA) is 47.0 Å². The number of hydrogen-bond donors (Lipinski definition) is 1. The molecule has 4 nitrogen and oxygen atoms in total. The summed E-state index contributed by atoms with van der Waals surface area (Å²) in [5.74, 6) is 1.05. The van der Waals surface area contributed by atoms with Gasteiger partial charge >= 0.3 is 0 Å². The Morgan fingerprint density at radius 1 is 1.33 bits per heavy atom. The Bertz CT molecular complexity index is 284. The minimum Gasteiger partial charge on any atom is -0.480 e. The number of rotatable bonds is 5. The average molecular weight is 209 g/mol. The van der Waals surface area contributed by atoms with Gasteiger partial charge < -0.3 is 10.1 Å². The highest BCUT2D eigenvalue weighted by atomic mass is 16.5. The van der Waals surface area contributed by atoms with E-state index in [1.807, 2.05) is 12.1 Å². The summed E-state index contributed by atoms with van der Waals surface area (Å²) in [4.78, 5) is 0. The molecule has 1 heterocycles. The molecule has 15 heavy (non-hydrogen) atoms. The second-order valence-corrected chi connectivity index (χ2v) is 3.78. The third-order valence-corrected chi connectivity index (χ3v) is 2.28. The Morgan fingerprint density at radius 2 is 2.07 bits per heavy atom. The molecule has 0 aliphatic carbocycles. The highest BCUT2D eigenvalue weighted by Gasteiger charge is 2.16. The van der Waals surface area contributed by atoms with Crippen LogP contribution < -0.4 is 10.1 Å². The molecule has 1 N–H and O–H groups in total. The molecular formula is C11H19N3O. The van der Waals surface area contributed by atoms with Gasteiger partial charge in [-0.25, -0.2) is 0 Å². The van der Waals surface area contributed by atoms with Gasteiger partial charge in [0.15, 0.2) is 0 Å². The Kier molecular flexibility index (Phi) is 4.49. The van der Waals surface area contributed by atoms with Crippen LogP contribution in [0.3, 0.4) is 0 Å². The molecule has 1 aromatic heterocycles. The van der Waals surface area contributed by atoms with E-state index < -0.39 is 0 Å². The van der Waals surface area contributed by atoms with E-state index in [4.69, 9.17) is 4.74 Å². The van der Waals surface area contributed by atoms with Gasteiger partial charge in [0.05, 0.1) is 18.8 Å². The van der Waals surface area contributed by atoms with Crippen LogP contribution in [0.5, 0.6) is 5.88 Å². The molecule has 0 saturated carbocycles. The fourth-order valence-electron chi connectivity index (χ4n) is 1.51. The fraction of sp³-hybridized carbons (Fsp3) is 0.636. The van der Waals surface area contributed by atoms with E-state index in [1.165, 1.54) is 0 Å². The first-order valence-corrected chi connectivity index (χ1v) is 5.30. The second kappa shape index (κ2) is 5.66. The zero-order chi connectivity index (χ0) is 11.3. The molecular weight excluding hydrogens is 190 g/mol. The largest absolute Gasteiger partial charge is 0.480 e. The molecule has 0 saturated heterocycles. The van der Waals surface area contributed by atoms with Gasteiger partial charge in [-0.15, -0.1) is 5.10 Å². The molecule has 0 radical (unpaired) electrons. The molecule has 0 aliphatic rings. The van der Waals surface area contributed by atoms with E-state index >= 15 is 0 Å². The Hall–Kier alpha value is -1.16. The van der Waals surface area contributed by atoms with Gasteiger partial charge in [0, 0.05) is 6.07 Å². The van der Waals surface area contributed by atoms with Crippen molar-refractivity contribution in [1.29, 1.82) is 0 Å². The van der Waals surface area contributed by atoms with Crippen LogP contribution in [0.1, 0.15) is 32.5 Å². The third kappa shape index (κ3) is 3.16. The van der Waals surface area contributed by atoms with E-state index in [-0.39, 0.29) is 6.04 Å². The maximum atomic E-state index is 4.98. The summed E-state index contributed by atoms with van der Waals surface area (Å²) in [5.41, 5.74) is 0.965. The Labute approximate surface area is 91.1 Å². The molecule has 1 unspecified atom stereocenters. The van der Waals surface area contributed by atoms with Crippen LogP contribution in [-0.4, -0.2) is 23.9 Å². The minimum absolute atomic E-state index is 0.258. The smallest absolute Gasteiger partial charge is 0.233 e. The van der Waals surface area contributed by atoms with Gasteiger partial charge in [0.1, 0.15) is 0 Å². The quantitative estimate of drug-likeness (QED) is 0.803. The van der Waals surface area contributed by atoms with Crippen molar-refractivity contribution in [3.8, 4) is 5.88 Å². The molecule has 0 aliphatic heterocycles. The molecule has 0 aromatic carbocycles. The zero-order valence-corrected chi connectivity index (χ0v) is 9.82. The molecule has 0 fully saturated rings. The first-order valence-electron chi connectivity index (χ1n) is 5.30. The van der Waals surface area contributed by atoms with E-state index in [9.17, 15) is 0 Å². The number of hydrogen-bond acceptors (Lipinski definition) is 4. The third-order valence-electron chi connectivity index (χ3n) is 2.28. The van der Waals surface area contributed by atoms with Gasteiger partial charge in [-0.05, 0) is 18.5 Å². The lowest BCUT2D eigenvalue weighted by molar-refractivity contribution is 0.380. The molecule has 0 spiro atoms. The molecule has 0 bridgehead atoms. The summed E-state index contributed by atoms with van der Waals surface area (Å²) in [6.45, 7) is 7.35. The molecule has 1 rings (SSSR count). The predicted octanol–water partition coefficient (Wildman–Crippen LogP) is 1.79. The van der Waals surface area contributed by atoms with Crippen molar-refractivity contribution in [3.63, 3.8) is 0 Å². The normalized spacial score (nSPS) is 12.9. The molecule has 1 aromatic rings. The number of methoxy groups -OCH3 is 1. The number of nitrogens with zero attached hydrogens (tertiary/aromatic N) is 2. The van der Waals surface area contributed by atoms with E-state index in [0.717, 1.165) is 12.2 Å². The van der Waals surface area contributed by atoms with E-state index in [2.05, 4.69) is 36.3 Å². The number of ether oxygens (including phenoxy) is 1. The van der Waals surface area contributed by atoms with Gasteiger partial charge in [-0.1, -0.05) is 20.8 Å². The maximum Gasteiger partial charge on any atom is 0.233 e. The van der Waals surface area contributed by atoms with Crippen molar-refractivity contribution < 1.29 is 4.74 Å². The maximum absolute atomic E-state index is 4.98. The van der Waals surface area contributed by atoms with Gasteiger partial charge in [-0.2, -0.15) is 5.10 Å². The lowest BCUT2D eigenvalue weighted by Gasteiger charge is -2.20. The van der Waals surface area contributed by atoms with Gasteiger partial charge in [0.2, 0.25) is 5.88 Å². The van der Waals surface area contributed by atoms with Crippen LogP contribution in [0.25, 0.3) is 0 Å². The van der Waals surface area contributed by atoms with E-state index in [0.29, 0.717) is 11.8 Å². The van der Waals surface area contributed by atoms with Crippen LogP contribution in [0.2, 0.25) is 0 Å². The Morgan fingerprint density at radius 3 is 2.47 bits per heavy atom. The first-order chi connectivity index (χ1) is 7.19. The molecule has 4 heteroatoms. The monoisotopic (exact) mass is 209 g/mol. The van der Waals surface area contributed by atoms with Gasteiger partial charge in [-0.3, -0.25) is 0 Å². The minimum atomic E-state index is 0.258. The summed E-state index contributed by atoms with van der Waals surface area (Å²) >= 11 is 0. The van der Waals surface area contributed by atoms with Crippen molar-refractivity contribution in [1.82, 2.24) is 15.5 Å². The fourth-order valence-corrected chi connectivity index (χ4v) is 1.51. The standard InChI is InChI=1S/C11H19N3O/c1-5-12-11(8(2)3)9-6-7-10(15-4)14-13-9/h6-8,11-12H,5H2,1-4H3. The van der Waals surface area contributed by atoms with Crippen LogP contribution >= 0.6 is 0 Å². The summed E-state index contributed by atoms with van der Waals surface area (Å²) in [6, 6.07) is 4.06. The first kappa shape index (κ1) is 11.9. The van der Waals surface area contributed by atoms with Crippen molar-refractivity contribution in [2.24, 2.45) is 5.92 Å². The van der Waals surface area contributed by atoms with Crippen molar-refractivity contribution in [2.75, 3.05) is 13.7 Å². The molecule has 0 amide bonds. The summed E-state index contributed by atoms with van der Waals surface area (Å²) in [6.07, 6.45) is 0. The van der Waals surface area contributed by atoms with Gasteiger partial charge in [0.25, 0.3) is 0 Å². The predicted molar refractivity (Wildman–Crippen MR) is 59.8 cm³/mol. The van der Waals surface area contributed by atoms with Crippen LogP contribution in [0, 0.1) is 5.92 Å². The highest BCUT2D eigenvalue weighted by Crippen LogP contribution is 2.19. The van der Waals surface area contributed by atoms with Crippen molar-refractivity contribution in [2.45, 2.75) is 26.8 Å². The lowest BCUT2D eigenvalue weighted by atomic mass is 10.0. The summed E-state index contributed by atoms with van der Waals surface area (Å²) in [7, 11) is 1.59. The molecule has 1 atom stereocenters. The second-order valence-electron chi connectivity index (χ2n) is 3.78. The van der Waals surface area contributed by atoms with Crippen LogP contribution in [0.4, 0.5) is 0 Å². The number of aromatic nitrogens is 2. The van der Waals surface area contributed by atoms with Crippen LogP contribution in [-0.2, 0) is 0 Å². The average Bonchev–Trinajstić information content (AvgIpc) is 2.26. The van der Waals surface area contributed by atoms with Crippen LogP contribution in [0.15, 0.2) is 12.1 Å². The van der Waals surface area contributed by atoms with Crippen molar-refractivity contribution in [3.05, 3.63) is 17.8 Å². The molecule has 84 valence electrons. The van der Waals surface area contributed by atoms with E-state index in [1.54, 1.807) is 7.11 Å². The summed E-state index contributed by atoms with van der Waals surface area (Å²) < 4.78 is 4.98. The highest BCUT2D eigenvalue weighted by molar-refractivity contribution is 5.14. The summed E-state index contributed by atoms with van der Waals surface area (Å²) in [5, 5.41) is 11.5. The Balaban J connectivity index is 2.81.